The van der Waals surface area contributed by atoms with Crippen LogP contribution in [0.15, 0.2) is 11.6 Å². The number of ether oxygens (including phenoxy) is 2. The van der Waals surface area contributed by atoms with Crippen molar-refractivity contribution in [1.82, 2.24) is 0 Å². The molecule has 2 aliphatic carbocycles. The van der Waals surface area contributed by atoms with Gasteiger partial charge in [-0.25, -0.2) is 4.79 Å². The first kappa shape index (κ1) is 14.6. The Balaban J connectivity index is 1.94. The van der Waals surface area contributed by atoms with E-state index in [1.807, 2.05) is 0 Å². The van der Waals surface area contributed by atoms with Crippen molar-refractivity contribution in [2.75, 3.05) is 6.61 Å². The van der Waals surface area contributed by atoms with E-state index in [1.54, 1.807) is 0 Å². The molecule has 1 heterocycles. The Labute approximate surface area is 125 Å². The number of esters is 2. The number of rotatable bonds is 1. The molecule has 0 N–H and O–H groups in total. The zero-order chi connectivity index (χ0) is 15.4. The van der Waals surface area contributed by atoms with Gasteiger partial charge in [-0.2, -0.15) is 0 Å². The monoisotopic (exact) mass is 292 g/mol. The first-order valence-electron chi connectivity index (χ1n) is 7.81. The lowest BCUT2D eigenvalue weighted by atomic mass is 9.48. The zero-order valence-electron chi connectivity index (χ0n) is 13.3. The average Bonchev–Trinajstić information content (AvgIpc) is 2.76. The van der Waals surface area contributed by atoms with Gasteiger partial charge in [-0.05, 0) is 30.6 Å². The molecule has 0 aromatic rings. The standard InChI is InChI=1S/C17H24O4/c1-10(18)21-14-7-8-17(4)12-9-20-15(19)11(12)5-6-13(17)16(14,2)3/h5,12-14H,6-9H2,1-4H3/t12-,13+,14+,17-/m1/s1. The van der Waals surface area contributed by atoms with Gasteiger partial charge >= 0.3 is 11.9 Å². The van der Waals surface area contributed by atoms with Gasteiger partial charge < -0.3 is 9.47 Å². The summed E-state index contributed by atoms with van der Waals surface area (Å²) < 4.78 is 10.9. The molecule has 116 valence electrons. The van der Waals surface area contributed by atoms with E-state index in [2.05, 4.69) is 26.8 Å². The number of carbonyl (C=O) groups is 2. The lowest BCUT2D eigenvalue weighted by molar-refractivity contribution is -0.171. The Bertz CT molecular complexity index is 519. The minimum absolute atomic E-state index is 0.0407. The third-order valence-corrected chi connectivity index (χ3v) is 6.14. The first-order valence-corrected chi connectivity index (χ1v) is 7.81. The topological polar surface area (TPSA) is 52.6 Å². The van der Waals surface area contributed by atoms with E-state index in [0.29, 0.717) is 12.5 Å². The third-order valence-electron chi connectivity index (χ3n) is 6.14. The van der Waals surface area contributed by atoms with E-state index < -0.39 is 0 Å². The summed E-state index contributed by atoms with van der Waals surface area (Å²) in [4.78, 5) is 23.2. The normalized spacial score (nSPS) is 40.7. The average molecular weight is 292 g/mol. The fraction of sp³-hybridized carbons (Fsp3) is 0.765. The lowest BCUT2D eigenvalue weighted by Crippen LogP contribution is -2.55. The number of cyclic esters (lactones) is 1. The molecule has 0 spiro atoms. The summed E-state index contributed by atoms with van der Waals surface area (Å²) in [6.45, 7) is 8.65. The van der Waals surface area contributed by atoms with E-state index in [1.165, 1.54) is 6.92 Å². The molecule has 1 saturated carbocycles. The molecule has 0 aromatic heterocycles. The molecule has 1 aliphatic heterocycles. The summed E-state index contributed by atoms with van der Waals surface area (Å²) in [6.07, 6.45) is 4.71. The van der Waals surface area contributed by atoms with Crippen molar-refractivity contribution in [3.8, 4) is 0 Å². The molecular formula is C17H24O4. The maximum Gasteiger partial charge on any atom is 0.334 e. The van der Waals surface area contributed by atoms with Crippen LogP contribution in [0.25, 0.3) is 0 Å². The quantitative estimate of drug-likeness (QED) is 0.697. The Morgan fingerprint density at radius 3 is 2.76 bits per heavy atom. The molecular weight excluding hydrogens is 268 g/mol. The van der Waals surface area contributed by atoms with E-state index in [-0.39, 0.29) is 34.8 Å². The van der Waals surface area contributed by atoms with E-state index in [4.69, 9.17) is 9.47 Å². The fourth-order valence-electron chi connectivity index (χ4n) is 4.95. The van der Waals surface area contributed by atoms with Crippen molar-refractivity contribution < 1.29 is 19.1 Å². The highest BCUT2D eigenvalue weighted by Gasteiger charge is 2.59. The molecule has 21 heavy (non-hydrogen) atoms. The van der Waals surface area contributed by atoms with E-state index in [0.717, 1.165) is 24.8 Å². The van der Waals surface area contributed by atoms with Gasteiger partial charge in [-0.1, -0.05) is 26.8 Å². The maximum absolute atomic E-state index is 11.8. The molecule has 3 rings (SSSR count). The Kier molecular flexibility index (Phi) is 3.19. The highest BCUT2D eigenvalue weighted by Crippen LogP contribution is 2.61. The number of allylic oxidation sites excluding steroid dienone is 1. The van der Waals surface area contributed by atoms with Crippen molar-refractivity contribution in [2.24, 2.45) is 22.7 Å². The summed E-state index contributed by atoms with van der Waals surface area (Å²) in [7, 11) is 0. The number of fused-ring (bicyclic) bond motifs is 3. The van der Waals surface area contributed by atoms with Crippen LogP contribution < -0.4 is 0 Å². The van der Waals surface area contributed by atoms with Crippen LogP contribution in [-0.4, -0.2) is 24.6 Å². The largest absolute Gasteiger partial charge is 0.462 e. The smallest absolute Gasteiger partial charge is 0.334 e. The fourth-order valence-corrected chi connectivity index (χ4v) is 4.95. The van der Waals surface area contributed by atoms with Crippen LogP contribution in [0.5, 0.6) is 0 Å². The molecule has 3 aliphatic rings. The van der Waals surface area contributed by atoms with Gasteiger partial charge in [0.15, 0.2) is 0 Å². The van der Waals surface area contributed by atoms with Gasteiger partial charge in [0.2, 0.25) is 0 Å². The van der Waals surface area contributed by atoms with E-state index >= 15 is 0 Å². The van der Waals surface area contributed by atoms with Crippen LogP contribution in [-0.2, 0) is 19.1 Å². The second-order valence-electron chi connectivity index (χ2n) is 7.56. The van der Waals surface area contributed by atoms with Gasteiger partial charge in [0, 0.05) is 23.8 Å². The van der Waals surface area contributed by atoms with Crippen molar-refractivity contribution in [1.29, 1.82) is 0 Å². The summed E-state index contributed by atoms with van der Waals surface area (Å²) in [5, 5.41) is 0. The molecule has 2 fully saturated rings. The predicted octanol–water partition coefficient (Wildman–Crippen LogP) is 2.86. The van der Waals surface area contributed by atoms with Gasteiger partial charge in [0.1, 0.15) is 6.10 Å². The Morgan fingerprint density at radius 1 is 1.38 bits per heavy atom. The minimum Gasteiger partial charge on any atom is -0.462 e. The summed E-state index contributed by atoms with van der Waals surface area (Å²) >= 11 is 0. The second-order valence-corrected chi connectivity index (χ2v) is 7.56. The molecule has 1 saturated heterocycles. The van der Waals surface area contributed by atoms with Crippen LogP contribution in [0.1, 0.15) is 47.0 Å². The zero-order valence-corrected chi connectivity index (χ0v) is 13.3. The van der Waals surface area contributed by atoms with Gasteiger partial charge in [-0.15, -0.1) is 0 Å². The minimum atomic E-state index is -0.205. The van der Waals surface area contributed by atoms with Crippen molar-refractivity contribution in [2.45, 2.75) is 53.1 Å². The highest BCUT2D eigenvalue weighted by atomic mass is 16.5. The lowest BCUT2D eigenvalue weighted by Gasteiger charge is -2.57. The van der Waals surface area contributed by atoms with Gasteiger partial charge in [0.05, 0.1) is 6.61 Å². The van der Waals surface area contributed by atoms with Gasteiger partial charge in [0.25, 0.3) is 0 Å². The first-order chi connectivity index (χ1) is 9.76. The van der Waals surface area contributed by atoms with Crippen molar-refractivity contribution >= 4 is 11.9 Å². The number of hydrogen-bond acceptors (Lipinski definition) is 4. The SMILES string of the molecule is CC(=O)O[C@H]1CC[C@]2(C)[C@@H]3COC(=O)C3=CC[C@H]2C1(C)C. The molecule has 0 aromatic carbocycles. The molecule has 0 amide bonds. The van der Waals surface area contributed by atoms with Crippen LogP contribution in [0.3, 0.4) is 0 Å². The summed E-state index contributed by atoms with van der Waals surface area (Å²) in [5.74, 6) is 0.246. The summed E-state index contributed by atoms with van der Waals surface area (Å²) in [5.41, 5.74) is 0.832. The molecule has 4 atom stereocenters. The predicted molar refractivity (Wildman–Crippen MR) is 77.3 cm³/mol. The van der Waals surface area contributed by atoms with Crippen LogP contribution in [0.4, 0.5) is 0 Å². The van der Waals surface area contributed by atoms with Crippen molar-refractivity contribution in [3.63, 3.8) is 0 Å². The Hall–Kier alpha value is -1.32. The molecule has 0 radical (unpaired) electrons. The Morgan fingerprint density at radius 2 is 2.10 bits per heavy atom. The van der Waals surface area contributed by atoms with Gasteiger partial charge in [-0.3, -0.25) is 4.79 Å². The molecule has 0 bridgehead atoms. The van der Waals surface area contributed by atoms with Crippen molar-refractivity contribution in [3.05, 3.63) is 11.6 Å². The van der Waals surface area contributed by atoms with Crippen LogP contribution >= 0.6 is 0 Å². The highest BCUT2D eigenvalue weighted by molar-refractivity contribution is 5.91. The molecule has 0 unspecified atom stereocenters. The molecule has 4 heteroatoms. The summed E-state index contributed by atoms with van der Waals surface area (Å²) in [6, 6.07) is 0. The molecule has 4 nitrogen and oxygen atoms in total. The van der Waals surface area contributed by atoms with E-state index in [9.17, 15) is 9.59 Å². The third kappa shape index (κ3) is 2.02. The number of carbonyl (C=O) groups excluding carboxylic acids is 2. The maximum atomic E-state index is 11.8. The number of hydrogen-bond donors (Lipinski definition) is 0. The van der Waals surface area contributed by atoms with Crippen LogP contribution in [0.2, 0.25) is 0 Å². The second kappa shape index (κ2) is 4.59. The van der Waals surface area contributed by atoms with Crippen LogP contribution in [0, 0.1) is 22.7 Å².